The molecule has 0 saturated carbocycles. The third-order valence-corrected chi connectivity index (χ3v) is 2.03. The summed E-state index contributed by atoms with van der Waals surface area (Å²) in [5, 5.41) is 18.0. The number of nitriles is 1. The first-order chi connectivity index (χ1) is 7.62. The van der Waals surface area contributed by atoms with E-state index in [1.165, 1.54) is 6.07 Å². The Bertz CT molecular complexity index is 399. The highest BCUT2D eigenvalue weighted by atomic mass is 16.5. The van der Waals surface area contributed by atoms with E-state index >= 15 is 0 Å². The predicted octanol–water partition coefficient (Wildman–Crippen LogP) is -0.0568. The van der Waals surface area contributed by atoms with Crippen LogP contribution in [-0.4, -0.2) is 23.2 Å². The number of hydrogen-bond acceptors (Lipinski definition) is 5. The Labute approximate surface area is 93.1 Å². The van der Waals surface area contributed by atoms with Crippen molar-refractivity contribution in [1.29, 1.82) is 5.26 Å². The molecule has 0 aromatic heterocycles. The molecule has 5 nitrogen and oxygen atoms in total. The van der Waals surface area contributed by atoms with Crippen molar-refractivity contribution in [2.75, 3.05) is 6.54 Å². The zero-order valence-corrected chi connectivity index (χ0v) is 8.59. The van der Waals surface area contributed by atoms with Crippen molar-refractivity contribution in [3.05, 3.63) is 35.9 Å². The fourth-order valence-electron chi connectivity index (χ4n) is 1.02. The Hall–Kier alpha value is -1.90. The van der Waals surface area contributed by atoms with Gasteiger partial charge in [0.2, 0.25) is 0 Å². The van der Waals surface area contributed by atoms with Crippen LogP contribution in [0.3, 0.4) is 0 Å². The average molecular weight is 220 g/mol. The van der Waals surface area contributed by atoms with Crippen LogP contribution >= 0.6 is 0 Å². The van der Waals surface area contributed by atoms with E-state index in [9.17, 15) is 9.90 Å². The molecule has 1 aromatic carbocycles. The summed E-state index contributed by atoms with van der Waals surface area (Å²) in [5.41, 5.74) is 3.63. The molecule has 16 heavy (non-hydrogen) atoms. The van der Waals surface area contributed by atoms with Gasteiger partial charge in [-0.2, -0.15) is 5.26 Å². The number of hydrogen-bond donors (Lipinski definition) is 2. The molecule has 1 rings (SSSR count). The monoisotopic (exact) mass is 220 g/mol. The van der Waals surface area contributed by atoms with Crippen LogP contribution in [0.4, 0.5) is 0 Å². The summed E-state index contributed by atoms with van der Waals surface area (Å²) in [5.74, 6) is -1.03. The molecule has 0 heterocycles. The predicted molar refractivity (Wildman–Crippen MR) is 55.9 cm³/mol. The van der Waals surface area contributed by atoms with Gasteiger partial charge in [-0.1, -0.05) is 30.3 Å². The van der Waals surface area contributed by atoms with Crippen LogP contribution in [0.5, 0.6) is 0 Å². The number of nitrogens with zero attached hydrogens (tertiary/aromatic N) is 1. The van der Waals surface area contributed by atoms with Gasteiger partial charge >= 0.3 is 5.97 Å². The molecule has 0 fully saturated rings. The first kappa shape index (κ1) is 12.2. The summed E-state index contributed by atoms with van der Waals surface area (Å²) in [6.45, 7) is -0.485. The Balaban J connectivity index is 2.57. The summed E-state index contributed by atoms with van der Waals surface area (Å²) in [4.78, 5) is 11.3. The quantitative estimate of drug-likeness (QED) is 0.547. The van der Waals surface area contributed by atoms with Crippen LogP contribution in [0.1, 0.15) is 5.56 Å². The van der Waals surface area contributed by atoms with E-state index in [4.69, 9.17) is 15.7 Å². The van der Waals surface area contributed by atoms with Gasteiger partial charge in [-0.3, -0.25) is 0 Å². The third kappa shape index (κ3) is 2.79. The SMILES string of the molecule is N#C[C@](O)(CN)C(=O)OCc1ccccc1. The van der Waals surface area contributed by atoms with E-state index in [-0.39, 0.29) is 6.61 Å². The number of benzene rings is 1. The number of nitrogens with two attached hydrogens (primary N) is 1. The molecule has 1 aromatic rings. The van der Waals surface area contributed by atoms with Crippen LogP contribution in [0.25, 0.3) is 0 Å². The minimum atomic E-state index is -2.26. The Morgan fingerprint density at radius 1 is 1.50 bits per heavy atom. The van der Waals surface area contributed by atoms with Crippen molar-refractivity contribution < 1.29 is 14.6 Å². The number of esters is 1. The lowest BCUT2D eigenvalue weighted by Gasteiger charge is -2.15. The van der Waals surface area contributed by atoms with Crippen molar-refractivity contribution >= 4 is 5.97 Å². The summed E-state index contributed by atoms with van der Waals surface area (Å²) in [6, 6.07) is 10.4. The second-order valence-corrected chi connectivity index (χ2v) is 3.24. The van der Waals surface area contributed by atoms with Gasteiger partial charge in [0.05, 0.1) is 0 Å². The zero-order chi connectivity index (χ0) is 12.0. The highest BCUT2D eigenvalue weighted by Gasteiger charge is 2.36. The standard InChI is InChI=1S/C11H12N2O3/c12-7-11(15,8-13)10(14)16-6-9-4-2-1-3-5-9/h1-5,15H,6-7,12H2/t11-/m1/s1. The lowest BCUT2D eigenvalue weighted by atomic mass is 10.1. The van der Waals surface area contributed by atoms with E-state index in [0.717, 1.165) is 5.56 Å². The topological polar surface area (TPSA) is 96.3 Å². The number of rotatable bonds is 4. The summed E-state index contributed by atoms with van der Waals surface area (Å²) in [7, 11) is 0. The third-order valence-electron chi connectivity index (χ3n) is 2.03. The second kappa shape index (κ2) is 5.26. The second-order valence-electron chi connectivity index (χ2n) is 3.24. The van der Waals surface area contributed by atoms with Gasteiger partial charge in [0, 0.05) is 6.54 Å². The normalized spacial score (nSPS) is 13.6. The maximum absolute atomic E-state index is 11.3. The lowest BCUT2D eigenvalue weighted by molar-refractivity contribution is -0.160. The molecule has 0 radical (unpaired) electrons. The molecule has 5 heteroatoms. The molecular weight excluding hydrogens is 208 g/mol. The molecule has 0 saturated heterocycles. The molecule has 1 atom stereocenters. The lowest BCUT2D eigenvalue weighted by Crippen LogP contribution is -2.45. The molecule has 0 spiro atoms. The van der Waals surface area contributed by atoms with E-state index < -0.39 is 18.1 Å². The summed E-state index contributed by atoms with van der Waals surface area (Å²) < 4.78 is 4.78. The average Bonchev–Trinajstić information content (AvgIpc) is 2.36. The molecule has 0 aliphatic heterocycles. The van der Waals surface area contributed by atoms with Crippen LogP contribution in [0.15, 0.2) is 30.3 Å². The minimum Gasteiger partial charge on any atom is -0.458 e. The number of carbonyl (C=O) groups is 1. The Morgan fingerprint density at radius 3 is 2.62 bits per heavy atom. The smallest absolute Gasteiger partial charge is 0.354 e. The van der Waals surface area contributed by atoms with E-state index in [2.05, 4.69) is 0 Å². The van der Waals surface area contributed by atoms with E-state index in [0.29, 0.717) is 0 Å². The largest absolute Gasteiger partial charge is 0.458 e. The minimum absolute atomic E-state index is 0.00363. The molecule has 0 unspecified atom stereocenters. The van der Waals surface area contributed by atoms with Gasteiger partial charge in [-0.15, -0.1) is 0 Å². The summed E-state index contributed by atoms with van der Waals surface area (Å²) >= 11 is 0. The Morgan fingerprint density at radius 2 is 2.12 bits per heavy atom. The molecule has 0 bridgehead atoms. The van der Waals surface area contributed by atoms with Crippen molar-refractivity contribution in [3.8, 4) is 6.07 Å². The van der Waals surface area contributed by atoms with Gasteiger partial charge in [-0.05, 0) is 5.56 Å². The van der Waals surface area contributed by atoms with Crippen LogP contribution in [0.2, 0.25) is 0 Å². The number of aliphatic hydroxyl groups is 1. The molecular formula is C11H12N2O3. The zero-order valence-electron chi connectivity index (χ0n) is 8.59. The fraction of sp³-hybridized carbons (Fsp3) is 0.273. The highest BCUT2D eigenvalue weighted by molar-refractivity contribution is 5.83. The number of carbonyl (C=O) groups excluding carboxylic acids is 1. The molecule has 84 valence electrons. The van der Waals surface area contributed by atoms with Gasteiger partial charge in [0.1, 0.15) is 12.7 Å². The fourth-order valence-corrected chi connectivity index (χ4v) is 1.02. The van der Waals surface area contributed by atoms with Crippen molar-refractivity contribution in [1.82, 2.24) is 0 Å². The van der Waals surface area contributed by atoms with Crippen LogP contribution in [-0.2, 0) is 16.1 Å². The maximum Gasteiger partial charge on any atom is 0.354 e. The Kier molecular flexibility index (Phi) is 4.00. The van der Waals surface area contributed by atoms with E-state index in [1.54, 1.807) is 24.3 Å². The highest BCUT2D eigenvalue weighted by Crippen LogP contribution is 2.07. The number of ether oxygens (including phenoxy) is 1. The van der Waals surface area contributed by atoms with Gasteiger partial charge < -0.3 is 15.6 Å². The van der Waals surface area contributed by atoms with Crippen LogP contribution in [0, 0.1) is 11.3 Å². The summed E-state index contributed by atoms with van der Waals surface area (Å²) in [6.07, 6.45) is 0. The van der Waals surface area contributed by atoms with E-state index in [1.807, 2.05) is 6.07 Å². The molecule has 0 aliphatic carbocycles. The first-order valence-corrected chi connectivity index (χ1v) is 4.67. The molecule has 3 N–H and O–H groups in total. The van der Waals surface area contributed by atoms with Crippen LogP contribution < -0.4 is 5.73 Å². The maximum atomic E-state index is 11.3. The van der Waals surface area contributed by atoms with Gasteiger partial charge in [0.25, 0.3) is 5.60 Å². The molecule has 0 amide bonds. The van der Waals surface area contributed by atoms with Crippen molar-refractivity contribution in [2.24, 2.45) is 5.73 Å². The molecule has 0 aliphatic rings. The van der Waals surface area contributed by atoms with Crippen molar-refractivity contribution in [3.63, 3.8) is 0 Å². The van der Waals surface area contributed by atoms with Crippen molar-refractivity contribution in [2.45, 2.75) is 12.2 Å². The first-order valence-electron chi connectivity index (χ1n) is 4.67. The van der Waals surface area contributed by atoms with Gasteiger partial charge in [-0.25, -0.2) is 4.79 Å². The van der Waals surface area contributed by atoms with Gasteiger partial charge in [0.15, 0.2) is 0 Å².